The molecule has 3 rings (SSSR count). The summed E-state index contributed by atoms with van der Waals surface area (Å²) in [6.45, 7) is 6.60. The fourth-order valence-electron chi connectivity index (χ4n) is 2.99. The monoisotopic (exact) mass is 357 g/mol. The molecule has 26 heavy (non-hydrogen) atoms. The Hall–Kier alpha value is -2.51. The van der Waals surface area contributed by atoms with Crippen LogP contribution in [0.3, 0.4) is 0 Å². The fourth-order valence-corrected chi connectivity index (χ4v) is 2.99. The fraction of sp³-hybridized carbons (Fsp3) is 0.421. The summed E-state index contributed by atoms with van der Waals surface area (Å²) in [6.07, 6.45) is -0.125. The van der Waals surface area contributed by atoms with Gasteiger partial charge in [-0.15, -0.1) is 0 Å². The van der Waals surface area contributed by atoms with Crippen LogP contribution in [0.2, 0.25) is 0 Å². The first-order chi connectivity index (χ1) is 12.5. The molecule has 0 amide bonds. The van der Waals surface area contributed by atoms with E-state index in [-0.39, 0.29) is 12.7 Å². The molecule has 7 heteroatoms. The molecule has 138 valence electrons. The molecule has 2 heterocycles. The van der Waals surface area contributed by atoms with E-state index in [2.05, 4.69) is 14.9 Å². The van der Waals surface area contributed by atoms with Gasteiger partial charge in [-0.3, -0.25) is 4.90 Å². The van der Waals surface area contributed by atoms with Crippen molar-refractivity contribution in [2.24, 2.45) is 0 Å². The standard InChI is InChI=1S/C19H23N3O4/c1-13-9-14(2)21-19(20-13)17-11-22(7-8-25-17)10-15-3-5-16(6-4-15)26-12-18(23)24/h3-6,9,17H,7-8,10-12H2,1-2H3,(H,23,24). The molecule has 0 aliphatic carbocycles. The first kappa shape index (κ1) is 18.3. The molecule has 0 bridgehead atoms. The van der Waals surface area contributed by atoms with Crippen molar-refractivity contribution >= 4 is 5.97 Å². The second kappa shape index (κ2) is 8.25. The Labute approximate surface area is 152 Å². The van der Waals surface area contributed by atoms with Gasteiger partial charge in [0.25, 0.3) is 0 Å². The SMILES string of the molecule is Cc1cc(C)nc(C2CN(Cc3ccc(OCC(=O)O)cc3)CCO2)n1. The average molecular weight is 357 g/mol. The van der Waals surface area contributed by atoms with Gasteiger partial charge in [0.05, 0.1) is 6.61 Å². The van der Waals surface area contributed by atoms with Crippen LogP contribution in [0.4, 0.5) is 0 Å². The van der Waals surface area contributed by atoms with Crippen molar-refractivity contribution in [1.82, 2.24) is 14.9 Å². The smallest absolute Gasteiger partial charge is 0.341 e. The van der Waals surface area contributed by atoms with Gasteiger partial charge in [0, 0.05) is 31.0 Å². The number of carbonyl (C=O) groups is 1. The van der Waals surface area contributed by atoms with Crippen molar-refractivity contribution in [3.8, 4) is 5.75 Å². The van der Waals surface area contributed by atoms with Gasteiger partial charge in [-0.1, -0.05) is 12.1 Å². The van der Waals surface area contributed by atoms with Crippen molar-refractivity contribution in [3.05, 3.63) is 53.1 Å². The van der Waals surface area contributed by atoms with Crippen LogP contribution in [-0.2, 0) is 16.1 Å². The van der Waals surface area contributed by atoms with E-state index >= 15 is 0 Å². The third-order valence-electron chi connectivity index (χ3n) is 4.13. The molecule has 1 aliphatic heterocycles. The summed E-state index contributed by atoms with van der Waals surface area (Å²) >= 11 is 0. The van der Waals surface area contributed by atoms with Crippen LogP contribution in [-0.4, -0.2) is 52.2 Å². The molecular formula is C19H23N3O4. The highest BCUT2D eigenvalue weighted by molar-refractivity contribution is 5.68. The molecule has 1 atom stereocenters. The minimum Gasteiger partial charge on any atom is -0.482 e. The summed E-state index contributed by atoms with van der Waals surface area (Å²) in [5.74, 6) is 0.311. The molecule has 0 saturated carbocycles. The number of carboxylic acid groups (broad SMARTS) is 1. The Balaban J connectivity index is 1.60. The highest BCUT2D eigenvalue weighted by Crippen LogP contribution is 2.22. The van der Waals surface area contributed by atoms with Crippen LogP contribution in [0.25, 0.3) is 0 Å². The summed E-state index contributed by atoms with van der Waals surface area (Å²) in [5.41, 5.74) is 3.03. The third kappa shape index (κ3) is 5.00. The van der Waals surface area contributed by atoms with Crippen molar-refractivity contribution in [1.29, 1.82) is 0 Å². The molecule has 1 saturated heterocycles. The number of rotatable bonds is 6. The number of aliphatic carboxylic acids is 1. The number of ether oxygens (including phenoxy) is 2. The molecule has 7 nitrogen and oxygen atoms in total. The largest absolute Gasteiger partial charge is 0.482 e. The second-order valence-electron chi connectivity index (χ2n) is 6.43. The highest BCUT2D eigenvalue weighted by Gasteiger charge is 2.24. The van der Waals surface area contributed by atoms with Gasteiger partial charge in [0.2, 0.25) is 0 Å². The maximum absolute atomic E-state index is 10.5. The van der Waals surface area contributed by atoms with Crippen LogP contribution in [0.15, 0.2) is 30.3 Å². The number of hydrogen-bond acceptors (Lipinski definition) is 6. The zero-order chi connectivity index (χ0) is 18.5. The van der Waals surface area contributed by atoms with Gasteiger partial charge in [0.1, 0.15) is 11.9 Å². The van der Waals surface area contributed by atoms with Gasteiger partial charge >= 0.3 is 5.97 Å². The number of benzene rings is 1. The molecule has 1 aliphatic rings. The van der Waals surface area contributed by atoms with Gasteiger partial charge < -0.3 is 14.6 Å². The second-order valence-corrected chi connectivity index (χ2v) is 6.43. The van der Waals surface area contributed by atoms with Gasteiger partial charge in [-0.2, -0.15) is 0 Å². The quantitative estimate of drug-likeness (QED) is 0.848. The summed E-state index contributed by atoms with van der Waals surface area (Å²) in [7, 11) is 0. The van der Waals surface area contributed by atoms with Crippen LogP contribution < -0.4 is 4.74 Å². The van der Waals surface area contributed by atoms with E-state index in [0.717, 1.165) is 42.4 Å². The van der Waals surface area contributed by atoms with Gasteiger partial charge in [-0.25, -0.2) is 14.8 Å². The van der Waals surface area contributed by atoms with Gasteiger partial charge in [0.15, 0.2) is 12.4 Å². The third-order valence-corrected chi connectivity index (χ3v) is 4.13. The van der Waals surface area contributed by atoms with Crippen LogP contribution in [0, 0.1) is 13.8 Å². The van der Waals surface area contributed by atoms with E-state index < -0.39 is 5.97 Å². The summed E-state index contributed by atoms with van der Waals surface area (Å²) in [5, 5.41) is 8.65. The lowest BCUT2D eigenvalue weighted by Crippen LogP contribution is -2.38. The number of aromatic nitrogens is 2. The summed E-state index contributed by atoms with van der Waals surface area (Å²) < 4.78 is 11.0. The Morgan fingerprint density at radius 3 is 2.62 bits per heavy atom. The lowest BCUT2D eigenvalue weighted by atomic mass is 10.1. The number of aryl methyl sites for hydroxylation is 2. The average Bonchev–Trinajstić information content (AvgIpc) is 2.60. The van der Waals surface area contributed by atoms with Crippen molar-refractivity contribution in [2.75, 3.05) is 26.3 Å². The molecular weight excluding hydrogens is 334 g/mol. The minimum absolute atomic E-state index is 0.125. The van der Waals surface area contributed by atoms with E-state index in [9.17, 15) is 4.79 Å². The number of morpholine rings is 1. The number of carboxylic acids is 1. The first-order valence-electron chi connectivity index (χ1n) is 8.59. The van der Waals surface area contributed by atoms with E-state index in [4.69, 9.17) is 14.6 Å². The lowest BCUT2D eigenvalue weighted by molar-refractivity contribution is -0.139. The van der Waals surface area contributed by atoms with E-state index in [0.29, 0.717) is 12.4 Å². The van der Waals surface area contributed by atoms with Crippen molar-refractivity contribution < 1.29 is 19.4 Å². The van der Waals surface area contributed by atoms with Crippen molar-refractivity contribution in [3.63, 3.8) is 0 Å². The molecule has 1 aromatic carbocycles. The molecule has 1 fully saturated rings. The summed E-state index contributed by atoms with van der Waals surface area (Å²) in [6, 6.07) is 9.45. The Morgan fingerprint density at radius 2 is 1.96 bits per heavy atom. The van der Waals surface area contributed by atoms with Crippen LogP contribution >= 0.6 is 0 Å². The Bertz CT molecular complexity index is 744. The maximum Gasteiger partial charge on any atom is 0.341 e. The molecule has 1 unspecified atom stereocenters. The highest BCUT2D eigenvalue weighted by atomic mass is 16.5. The van der Waals surface area contributed by atoms with Crippen LogP contribution in [0.1, 0.15) is 28.9 Å². The molecule has 1 N–H and O–H groups in total. The molecule has 2 aromatic rings. The molecule has 1 aromatic heterocycles. The lowest BCUT2D eigenvalue weighted by Gasteiger charge is -2.32. The number of hydrogen-bond donors (Lipinski definition) is 1. The zero-order valence-corrected chi connectivity index (χ0v) is 15.0. The van der Waals surface area contributed by atoms with Crippen molar-refractivity contribution in [2.45, 2.75) is 26.5 Å². The summed E-state index contributed by atoms with van der Waals surface area (Å²) in [4.78, 5) is 21.9. The van der Waals surface area contributed by atoms with E-state index in [1.54, 1.807) is 12.1 Å². The molecule has 0 radical (unpaired) electrons. The van der Waals surface area contributed by atoms with Crippen LogP contribution in [0.5, 0.6) is 5.75 Å². The Kier molecular flexibility index (Phi) is 5.80. The predicted molar refractivity (Wildman–Crippen MR) is 95.0 cm³/mol. The number of nitrogens with zero attached hydrogens (tertiary/aromatic N) is 3. The van der Waals surface area contributed by atoms with E-state index in [1.807, 2.05) is 32.0 Å². The first-order valence-corrected chi connectivity index (χ1v) is 8.59. The maximum atomic E-state index is 10.5. The topological polar surface area (TPSA) is 84.8 Å². The normalized spacial score (nSPS) is 17.8. The predicted octanol–water partition coefficient (Wildman–Crippen LogP) is 2.13. The Morgan fingerprint density at radius 1 is 1.27 bits per heavy atom. The molecule has 0 spiro atoms. The van der Waals surface area contributed by atoms with E-state index in [1.165, 1.54) is 0 Å². The minimum atomic E-state index is -0.984. The van der Waals surface area contributed by atoms with Gasteiger partial charge in [-0.05, 0) is 37.6 Å². The zero-order valence-electron chi connectivity index (χ0n) is 15.0.